The van der Waals surface area contributed by atoms with Crippen LogP contribution in [-0.4, -0.2) is 19.3 Å². The van der Waals surface area contributed by atoms with Gasteiger partial charge in [0, 0.05) is 24.3 Å². The van der Waals surface area contributed by atoms with Crippen molar-refractivity contribution in [2.75, 3.05) is 13.2 Å². The van der Waals surface area contributed by atoms with Gasteiger partial charge in [-0.15, -0.1) is 0 Å². The number of ether oxygens (including phenoxy) is 1. The molecule has 0 heterocycles. The summed E-state index contributed by atoms with van der Waals surface area (Å²) in [5.74, 6) is -0.161. The van der Waals surface area contributed by atoms with Crippen LogP contribution in [0.1, 0.15) is 32.4 Å². The fourth-order valence-corrected chi connectivity index (χ4v) is 1.69. The third-order valence-corrected chi connectivity index (χ3v) is 2.48. The first kappa shape index (κ1) is 13.1. The lowest BCUT2D eigenvalue weighted by molar-refractivity contribution is 0.124. The van der Waals surface area contributed by atoms with Crippen LogP contribution in [0.25, 0.3) is 0 Å². The highest BCUT2D eigenvalue weighted by atomic mass is 19.1. The third-order valence-electron chi connectivity index (χ3n) is 2.48. The van der Waals surface area contributed by atoms with Crippen LogP contribution >= 0.6 is 0 Å². The van der Waals surface area contributed by atoms with E-state index in [1.54, 1.807) is 12.1 Å². The van der Waals surface area contributed by atoms with Crippen LogP contribution in [0.5, 0.6) is 0 Å². The number of benzene rings is 1. The van der Waals surface area contributed by atoms with Gasteiger partial charge in [0.25, 0.3) is 0 Å². The lowest BCUT2D eigenvalue weighted by atomic mass is 10.1. The van der Waals surface area contributed by atoms with E-state index in [4.69, 9.17) is 4.74 Å². The summed E-state index contributed by atoms with van der Waals surface area (Å²) in [6, 6.07) is 7.06. The van der Waals surface area contributed by atoms with Crippen molar-refractivity contribution in [1.29, 1.82) is 0 Å². The molecule has 0 spiro atoms. The maximum atomic E-state index is 13.5. The molecule has 1 aromatic rings. The Morgan fingerprint density at radius 2 is 2.00 bits per heavy atom. The van der Waals surface area contributed by atoms with Crippen LogP contribution in [0, 0.1) is 5.82 Å². The predicted octanol–water partition coefficient (Wildman–Crippen LogP) is 2.90. The largest absolute Gasteiger partial charge is 0.380 e. The van der Waals surface area contributed by atoms with Gasteiger partial charge in [0.2, 0.25) is 0 Å². The minimum absolute atomic E-state index is 0.00310. The van der Waals surface area contributed by atoms with Gasteiger partial charge in [-0.2, -0.15) is 0 Å². The normalized spacial score (nSPS) is 14.8. The average Bonchev–Trinajstić information content (AvgIpc) is 2.26. The summed E-state index contributed by atoms with van der Waals surface area (Å²) in [5.41, 5.74) is 0.700. The topological polar surface area (TPSA) is 21.3 Å². The lowest BCUT2D eigenvalue weighted by Gasteiger charge is -2.20. The number of hydrogen-bond acceptors (Lipinski definition) is 2. The maximum absolute atomic E-state index is 13.5. The lowest BCUT2D eigenvalue weighted by Crippen LogP contribution is -2.33. The Labute approximate surface area is 96.8 Å². The quantitative estimate of drug-likeness (QED) is 0.803. The molecule has 0 saturated carbocycles. The highest BCUT2D eigenvalue weighted by molar-refractivity contribution is 5.20. The Balaban J connectivity index is 2.52. The third kappa shape index (κ3) is 3.91. The minimum Gasteiger partial charge on any atom is -0.380 e. The Morgan fingerprint density at radius 1 is 1.31 bits per heavy atom. The molecule has 0 fully saturated rings. The van der Waals surface area contributed by atoms with Gasteiger partial charge in [0.1, 0.15) is 5.82 Å². The Bertz CT molecular complexity index is 317. The molecule has 2 nitrogen and oxygen atoms in total. The van der Waals surface area contributed by atoms with Crippen molar-refractivity contribution in [3.63, 3.8) is 0 Å². The van der Waals surface area contributed by atoms with Gasteiger partial charge < -0.3 is 10.1 Å². The van der Waals surface area contributed by atoms with Crippen molar-refractivity contribution in [2.45, 2.75) is 32.9 Å². The van der Waals surface area contributed by atoms with E-state index in [1.807, 2.05) is 26.8 Å². The molecule has 2 unspecified atom stereocenters. The standard InChI is InChI=1S/C13H20FNO/c1-4-16-9-10(2)15-11(3)12-7-5-6-8-13(12)14/h5-8,10-11,15H,4,9H2,1-3H3. The first-order chi connectivity index (χ1) is 7.65. The molecular weight excluding hydrogens is 205 g/mol. The van der Waals surface area contributed by atoms with E-state index in [2.05, 4.69) is 5.32 Å². The zero-order chi connectivity index (χ0) is 12.0. The molecule has 1 N–H and O–H groups in total. The van der Waals surface area contributed by atoms with Crippen molar-refractivity contribution < 1.29 is 9.13 Å². The highest BCUT2D eigenvalue weighted by Gasteiger charge is 2.12. The summed E-state index contributed by atoms with van der Waals surface area (Å²) in [5, 5.41) is 3.31. The van der Waals surface area contributed by atoms with Crippen LogP contribution < -0.4 is 5.32 Å². The highest BCUT2D eigenvalue weighted by Crippen LogP contribution is 2.16. The molecule has 1 aromatic carbocycles. The molecule has 0 aliphatic carbocycles. The van der Waals surface area contributed by atoms with Crippen LogP contribution in [0.15, 0.2) is 24.3 Å². The molecule has 0 aliphatic heterocycles. The van der Waals surface area contributed by atoms with Crippen LogP contribution in [0.3, 0.4) is 0 Å². The van der Waals surface area contributed by atoms with Crippen molar-refractivity contribution in [2.24, 2.45) is 0 Å². The molecule has 0 saturated heterocycles. The van der Waals surface area contributed by atoms with Gasteiger partial charge in [-0.3, -0.25) is 0 Å². The van der Waals surface area contributed by atoms with Crippen molar-refractivity contribution in [3.05, 3.63) is 35.6 Å². The van der Waals surface area contributed by atoms with E-state index < -0.39 is 0 Å². The summed E-state index contributed by atoms with van der Waals surface area (Å²) in [4.78, 5) is 0. The molecule has 0 radical (unpaired) electrons. The smallest absolute Gasteiger partial charge is 0.127 e. The van der Waals surface area contributed by atoms with Crippen molar-refractivity contribution in [1.82, 2.24) is 5.32 Å². The van der Waals surface area contributed by atoms with Crippen molar-refractivity contribution >= 4 is 0 Å². The summed E-state index contributed by atoms with van der Waals surface area (Å²) in [6.07, 6.45) is 0. The fraction of sp³-hybridized carbons (Fsp3) is 0.538. The number of hydrogen-bond donors (Lipinski definition) is 1. The number of halogens is 1. The van der Waals surface area contributed by atoms with Gasteiger partial charge in [-0.05, 0) is 26.8 Å². The SMILES string of the molecule is CCOCC(C)NC(C)c1ccccc1F. The molecule has 0 aliphatic rings. The number of nitrogens with one attached hydrogen (secondary N) is 1. The van der Waals surface area contributed by atoms with Gasteiger partial charge in [-0.1, -0.05) is 18.2 Å². The van der Waals surface area contributed by atoms with Gasteiger partial charge in [0.15, 0.2) is 0 Å². The average molecular weight is 225 g/mol. The Morgan fingerprint density at radius 3 is 2.62 bits per heavy atom. The summed E-state index contributed by atoms with van der Waals surface area (Å²) >= 11 is 0. The van der Waals surface area contributed by atoms with Crippen LogP contribution in [-0.2, 0) is 4.74 Å². The molecule has 2 atom stereocenters. The summed E-state index contributed by atoms with van der Waals surface area (Å²) < 4.78 is 18.8. The summed E-state index contributed by atoms with van der Waals surface area (Å²) in [6.45, 7) is 7.32. The predicted molar refractivity (Wildman–Crippen MR) is 63.9 cm³/mol. The van der Waals surface area contributed by atoms with Crippen LogP contribution in [0.2, 0.25) is 0 Å². The first-order valence-electron chi connectivity index (χ1n) is 5.73. The molecule has 0 bridgehead atoms. The maximum Gasteiger partial charge on any atom is 0.127 e. The van der Waals surface area contributed by atoms with E-state index >= 15 is 0 Å². The van der Waals surface area contributed by atoms with Gasteiger partial charge in [0.05, 0.1) is 6.61 Å². The van der Waals surface area contributed by atoms with E-state index in [9.17, 15) is 4.39 Å². The molecule has 1 rings (SSSR count). The molecule has 90 valence electrons. The molecule has 16 heavy (non-hydrogen) atoms. The second-order valence-corrected chi connectivity index (χ2v) is 3.97. The van der Waals surface area contributed by atoms with E-state index in [0.29, 0.717) is 18.8 Å². The molecule has 0 aromatic heterocycles. The fourth-order valence-electron chi connectivity index (χ4n) is 1.69. The van der Waals surface area contributed by atoms with E-state index in [-0.39, 0.29) is 17.9 Å². The Hall–Kier alpha value is -0.930. The van der Waals surface area contributed by atoms with Gasteiger partial charge >= 0.3 is 0 Å². The monoisotopic (exact) mass is 225 g/mol. The van der Waals surface area contributed by atoms with Gasteiger partial charge in [-0.25, -0.2) is 4.39 Å². The van der Waals surface area contributed by atoms with E-state index in [0.717, 1.165) is 0 Å². The molecule has 3 heteroatoms. The van der Waals surface area contributed by atoms with Crippen molar-refractivity contribution in [3.8, 4) is 0 Å². The second-order valence-electron chi connectivity index (χ2n) is 3.97. The second kappa shape index (κ2) is 6.61. The first-order valence-corrected chi connectivity index (χ1v) is 5.73. The Kier molecular flexibility index (Phi) is 5.43. The van der Waals surface area contributed by atoms with E-state index in [1.165, 1.54) is 6.07 Å². The molecule has 0 amide bonds. The van der Waals surface area contributed by atoms with Crippen LogP contribution in [0.4, 0.5) is 4.39 Å². The zero-order valence-corrected chi connectivity index (χ0v) is 10.2. The summed E-state index contributed by atoms with van der Waals surface area (Å²) in [7, 11) is 0. The molecular formula is C13H20FNO. The zero-order valence-electron chi connectivity index (χ0n) is 10.2. The number of rotatable bonds is 6. The minimum atomic E-state index is -0.161.